The van der Waals surface area contributed by atoms with Crippen LogP contribution in [0.5, 0.6) is 0 Å². The van der Waals surface area contributed by atoms with Gasteiger partial charge >= 0.3 is 0 Å². The molecular weight excluding hydrogens is 713 g/mol. The van der Waals surface area contributed by atoms with Crippen molar-refractivity contribution in [2.45, 2.75) is 78.4 Å². The van der Waals surface area contributed by atoms with E-state index in [9.17, 15) is 14.4 Å². The van der Waals surface area contributed by atoms with E-state index in [-0.39, 0.29) is 29.2 Å². The molecule has 0 saturated carbocycles. The molecule has 11 nitrogen and oxygen atoms in total. The zero-order valence-electron chi connectivity index (χ0n) is 33.6. The van der Waals surface area contributed by atoms with Gasteiger partial charge < -0.3 is 10.2 Å². The van der Waals surface area contributed by atoms with E-state index >= 15 is 0 Å². The van der Waals surface area contributed by atoms with Crippen LogP contribution >= 0.6 is 0 Å². The number of hydrogen-bond acceptors (Lipinski definition) is 8. The Bertz CT molecular complexity index is 2250. The SMILES string of the molecule is Cc1cc(-c2ncnn3cc(-c4ccc(CN5CCC(c6ccc(NC7CCC(=O)NC7=O)cc6)CC5)cc4)cc23)ccc1CN1CCN(CC(C)(C)C)CC1=O. The number of fused-ring (bicyclic) bond motifs is 1. The van der Waals surface area contributed by atoms with Crippen LogP contribution in [0.25, 0.3) is 27.9 Å². The molecule has 3 saturated heterocycles. The lowest BCUT2D eigenvalue weighted by atomic mass is 9.89. The number of carbonyl (C=O) groups is 3. The summed E-state index contributed by atoms with van der Waals surface area (Å²) in [5.41, 5.74) is 11.1. The summed E-state index contributed by atoms with van der Waals surface area (Å²) in [6.45, 7) is 15.5. The minimum Gasteiger partial charge on any atom is -0.374 e. The van der Waals surface area contributed by atoms with E-state index in [0.29, 0.717) is 31.8 Å². The Hall–Kier alpha value is -5.39. The fourth-order valence-corrected chi connectivity index (χ4v) is 8.64. The van der Waals surface area contributed by atoms with Crippen molar-refractivity contribution >= 4 is 28.9 Å². The van der Waals surface area contributed by atoms with E-state index in [1.54, 1.807) is 6.33 Å². The van der Waals surface area contributed by atoms with Crippen LogP contribution in [0.4, 0.5) is 5.69 Å². The van der Waals surface area contributed by atoms with Crippen molar-refractivity contribution in [1.82, 2.24) is 34.6 Å². The number of piperidine rings is 2. The average Bonchev–Trinajstić information content (AvgIpc) is 3.63. The maximum Gasteiger partial charge on any atom is 0.249 e. The lowest BCUT2D eigenvalue weighted by Crippen LogP contribution is -2.51. The number of aryl methyl sites for hydroxylation is 1. The van der Waals surface area contributed by atoms with Gasteiger partial charge in [-0.2, -0.15) is 5.10 Å². The Labute approximate surface area is 335 Å². The third-order valence-corrected chi connectivity index (χ3v) is 11.7. The first-order chi connectivity index (χ1) is 27.4. The molecule has 3 aromatic carbocycles. The van der Waals surface area contributed by atoms with Crippen molar-refractivity contribution in [2.75, 3.05) is 44.6 Å². The lowest BCUT2D eigenvalue weighted by molar-refractivity contribution is -0.137. The molecule has 5 heterocycles. The third-order valence-electron chi connectivity index (χ3n) is 11.7. The summed E-state index contributed by atoms with van der Waals surface area (Å²) in [6, 6.07) is 25.6. The lowest BCUT2D eigenvalue weighted by Gasteiger charge is -2.37. The second kappa shape index (κ2) is 16.2. The Morgan fingerprint density at radius 2 is 1.56 bits per heavy atom. The molecule has 8 rings (SSSR count). The Morgan fingerprint density at radius 1 is 0.807 bits per heavy atom. The first kappa shape index (κ1) is 38.5. The van der Waals surface area contributed by atoms with Gasteiger partial charge in [-0.15, -0.1) is 0 Å². The predicted molar refractivity (Wildman–Crippen MR) is 223 cm³/mol. The molecule has 1 atom stereocenters. The van der Waals surface area contributed by atoms with Crippen LogP contribution in [-0.4, -0.2) is 92.3 Å². The van der Waals surface area contributed by atoms with Crippen LogP contribution in [0, 0.1) is 12.3 Å². The molecule has 0 bridgehead atoms. The Kier molecular flexibility index (Phi) is 11.0. The van der Waals surface area contributed by atoms with Crippen molar-refractivity contribution < 1.29 is 14.4 Å². The van der Waals surface area contributed by atoms with Crippen molar-refractivity contribution in [1.29, 1.82) is 0 Å². The van der Waals surface area contributed by atoms with Gasteiger partial charge in [0.2, 0.25) is 17.7 Å². The number of likely N-dealkylation sites (tertiary alicyclic amines) is 1. The van der Waals surface area contributed by atoms with Gasteiger partial charge in [-0.25, -0.2) is 9.50 Å². The summed E-state index contributed by atoms with van der Waals surface area (Å²) in [5.74, 6) is 0.266. The zero-order chi connectivity index (χ0) is 39.7. The van der Waals surface area contributed by atoms with E-state index in [1.165, 1.54) is 11.1 Å². The molecule has 0 radical (unpaired) electrons. The number of carbonyl (C=O) groups excluding carboxylic acids is 3. The molecule has 0 spiro atoms. The molecule has 2 N–H and O–H groups in total. The van der Waals surface area contributed by atoms with Gasteiger partial charge in [-0.05, 0) is 103 Å². The molecule has 57 heavy (non-hydrogen) atoms. The standard InChI is InChI=1S/C46H54N8O3/c1-31-23-36(9-10-37(31)26-53-22-21-52(28-43(53)56)29-46(2,3)4)44-41-24-38(27-54(41)48-30-47-44)34-7-5-32(6-8-34)25-51-19-17-35(18-20-51)33-11-13-39(14-12-33)49-40-15-16-42(55)50-45(40)57/h5-14,23-24,27,30,35,40,49H,15-22,25-26,28-29H2,1-4H3,(H,50,55,57). The number of piperazine rings is 1. The highest BCUT2D eigenvalue weighted by atomic mass is 16.2. The number of benzene rings is 3. The van der Waals surface area contributed by atoms with Gasteiger partial charge in [0.25, 0.3) is 0 Å². The number of imide groups is 1. The molecular formula is C46H54N8O3. The number of amides is 3. The van der Waals surface area contributed by atoms with E-state index < -0.39 is 0 Å². The van der Waals surface area contributed by atoms with Crippen LogP contribution in [-0.2, 0) is 27.5 Å². The van der Waals surface area contributed by atoms with Crippen LogP contribution in [0.15, 0.2) is 85.3 Å². The Balaban J connectivity index is 0.857. The van der Waals surface area contributed by atoms with Gasteiger partial charge in [-0.1, -0.05) is 69.3 Å². The number of rotatable bonds is 10. The molecule has 5 aromatic rings. The average molecular weight is 767 g/mol. The topological polar surface area (TPSA) is 115 Å². The third kappa shape index (κ3) is 9.10. The van der Waals surface area contributed by atoms with E-state index in [2.05, 4.69) is 132 Å². The highest BCUT2D eigenvalue weighted by molar-refractivity contribution is 6.01. The highest BCUT2D eigenvalue weighted by Crippen LogP contribution is 2.32. The highest BCUT2D eigenvalue weighted by Gasteiger charge is 2.28. The van der Waals surface area contributed by atoms with Crippen LogP contribution in [0.2, 0.25) is 0 Å². The van der Waals surface area contributed by atoms with Crippen molar-refractivity contribution in [2.24, 2.45) is 5.41 Å². The maximum atomic E-state index is 13.0. The largest absolute Gasteiger partial charge is 0.374 e. The molecule has 3 aliphatic rings. The number of anilines is 1. The smallest absolute Gasteiger partial charge is 0.249 e. The monoisotopic (exact) mass is 766 g/mol. The number of nitrogens with one attached hydrogen (secondary N) is 2. The molecule has 0 aliphatic carbocycles. The summed E-state index contributed by atoms with van der Waals surface area (Å²) in [4.78, 5) is 48.2. The number of hydrogen-bond donors (Lipinski definition) is 2. The second-order valence-electron chi connectivity index (χ2n) is 17.4. The molecule has 1 unspecified atom stereocenters. The van der Waals surface area contributed by atoms with Gasteiger partial charge in [0.05, 0.1) is 17.8 Å². The minimum atomic E-state index is -0.369. The summed E-state index contributed by atoms with van der Waals surface area (Å²) >= 11 is 0. The molecule has 11 heteroatoms. The van der Waals surface area contributed by atoms with Crippen LogP contribution in [0.3, 0.4) is 0 Å². The molecule has 2 aromatic heterocycles. The maximum absolute atomic E-state index is 13.0. The Morgan fingerprint density at radius 3 is 2.26 bits per heavy atom. The first-order valence-corrected chi connectivity index (χ1v) is 20.4. The molecule has 296 valence electrons. The van der Waals surface area contributed by atoms with Crippen molar-refractivity contribution in [3.05, 3.63) is 108 Å². The minimum absolute atomic E-state index is 0.174. The van der Waals surface area contributed by atoms with Gasteiger partial charge in [-0.3, -0.25) is 29.5 Å². The normalized spacial score (nSPS) is 19.0. The first-order valence-electron chi connectivity index (χ1n) is 20.4. The summed E-state index contributed by atoms with van der Waals surface area (Å²) in [6.07, 6.45) is 6.79. The van der Waals surface area contributed by atoms with E-state index in [1.807, 2.05) is 9.42 Å². The van der Waals surface area contributed by atoms with E-state index in [0.717, 1.165) is 96.8 Å². The van der Waals surface area contributed by atoms with Gasteiger partial charge in [0, 0.05) is 62.2 Å². The van der Waals surface area contributed by atoms with E-state index in [4.69, 9.17) is 4.98 Å². The van der Waals surface area contributed by atoms with Crippen molar-refractivity contribution in [3.8, 4) is 22.4 Å². The molecule has 3 aliphatic heterocycles. The summed E-state index contributed by atoms with van der Waals surface area (Å²) in [5, 5.41) is 10.2. The summed E-state index contributed by atoms with van der Waals surface area (Å²) < 4.78 is 1.91. The zero-order valence-corrected chi connectivity index (χ0v) is 33.6. The number of aromatic nitrogens is 3. The summed E-state index contributed by atoms with van der Waals surface area (Å²) in [7, 11) is 0. The molecule has 3 amide bonds. The fraction of sp³-hybridized carbons (Fsp3) is 0.413. The fourth-order valence-electron chi connectivity index (χ4n) is 8.64. The second-order valence-corrected chi connectivity index (χ2v) is 17.4. The number of nitrogens with zero attached hydrogens (tertiary/aromatic N) is 6. The van der Waals surface area contributed by atoms with Gasteiger partial charge in [0.15, 0.2) is 0 Å². The van der Waals surface area contributed by atoms with Gasteiger partial charge in [0.1, 0.15) is 12.4 Å². The van der Waals surface area contributed by atoms with Crippen LogP contribution in [0.1, 0.15) is 74.6 Å². The molecule has 3 fully saturated rings. The predicted octanol–water partition coefficient (Wildman–Crippen LogP) is 6.66. The quantitative estimate of drug-likeness (QED) is 0.152. The van der Waals surface area contributed by atoms with Crippen molar-refractivity contribution in [3.63, 3.8) is 0 Å². The van der Waals surface area contributed by atoms with Crippen LogP contribution < -0.4 is 10.6 Å².